The lowest BCUT2D eigenvalue weighted by atomic mass is 9.85. The van der Waals surface area contributed by atoms with Gasteiger partial charge in [0.15, 0.2) is 0 Å². The molecular formula is C14H24ClN3. The summed E-state index contributed by atoms with van der Waals surface area (Å²) >= 11 is 6.35. The Labute approximate surface area is 116 Å². The molecule has 0 saturated heterocycles. The van der Waals surface area contributed by atoms with E-state index in [2.05, 4.69) is 39.6 Å². The van der Waals surface area contributed by atoms with Crippen LogP contribution >= 0.6 is 11.6 Å². The molecule has 0 amide bonds. The Kier molecular flexibility index (Phi) is 4.73. The van der Waals surface area contributed by atoms with Gasteiger partial charge in [0.05, 0.1) is 12.2 Å². The molecule has 3 nitrogen and oxygen atoms in total. The Morgan fingerprint density at radius 3 is 2.11 bits per heavy atom. The van der Waals surface area contributed by atoms with E-state index in [-0.39, 0.29) is 5.41 Å². The van der Waals surface area contributed by atoms with Crippen molar-refractivity contribution in [3.63, 3.8) is 0 Å². The molecular weight excluding hydrogens is 246 g/mol. The van der Waals surface area contributed by atoms with Gasteiger partial charge in [-0.1, -0.05) is 46.2 Å². The topological polar surface area (TPSA) is 29.0 Å². The first-order valence-corrected chi connectivity index (χ1v) is 6.72. The van der Waals surface area contributed by atoms with E-state index in [4.69, 9.17) is 16.6 Å². The second kappa shape index (κ2) is 5.54. The quantitative estimate of drug-likeness (QED) is 0.785. The Morgan fingerprint density at radius 1 is 1.17 bits per heavy atom. The van der Waals surface area contributed by atoms with Crippen LogP contribution in [0.2, 0.25) is 5.15 Å². The molecule has 0 bridgehead atoms. The first-order chi connectivity index (χ1) is 8.12. The summed E-state index contributed by atoms with van der Waals surface area (Å²) in [6.45, 7) is 11.5. The third-order valence-electron chi connectivity index (χ3n) is 2.69. The largest absolute Gasteiger partial charge is 0.302 e. The number of nitrogens with zero attached hydrogens (tertiary/aromatic N) is 3. The molecule has 1 heterocycles. The SMILES string of the molecule is CC(C)c1c(Cl)nc(CN(C)C)nc1C(C)(C)C. The van der Waals surface area contributed by atoms with E-state index in [1.807, 2.05) is 19.0 Å². The zero-order valence-electron chi connectivity index (χ0n) is 12.5. The normalized spacial score (nSPS) is 12.6. The lowest BCUT2D eigenvalue weighted by molar-refractivity contribution is 0.387. The number of aromatic nitrogens is 2. The van der Waals surface area contributed by atoms with Crippen molar-refractivity contribution < 1.29 is 0 Å². The van der Waals surface area contributed by atoms with Crippen molar-refractivity contribution in [3.05, 3.63) is 22.2 Å². The van der Waals surface area contributed by atoms with Gasteiger partial charge >= 0.3 is 0 Å². The first-order valence-electron chi connectivity index (χ1n) is 6.34. The molecule has 0 atom stereocenters. The van der Waals surface area contributed by atoms with Crippen LogP contribution < -0.4 is 0 Å². The maximum Gasteiger partial charge on any atom is 0.144 e. The minimum Gasteiger partial charge on any atom is -0.302 e. The van der Waals surface area contributed by atoms with Crippen LogP contribution in [0.5, 0.6) is 0 Å². The standard InChI is InChI=1S/C14H24ClN3/c1-9(2)11-12(14(3,4)5)16-10(8-18(6)7)17-13(11)15/h9H,8H2,1-7H3. The molecule has 0 aromatic carbocycles. The van der Waals surface area contributed by atoms with Crippen molar-refractivity contribution in [2.24, 2.45) is 0 Å². The summed E-state index contributed by atoms with van der Waals surface area (Å²) in [6, 6.07) is 0. The van der Waals surface area contributed by atoms with E-state index in [0.717, 1.165) is 17.1 Å². The molecule has 0 aliphatic carbocycles. The number of hydrogen-bond donors (Lipinski definition) is 0. The predicted octanol–water partition coefficient (Wildman–Crippen LogP) is 3.61. The number of halogens is 1. The molecule has 1 rings (SSSR count). The Hall–Kier alpha value is -0.670. The lowest BCUT2D eigenvalue weighted by Crippen LogP contribution is -2.22. The fourth-order valence-corrected chi connectivity index (χ4v) is 2.33. The van der Waals surface area contributed by atoms with Crippen LogP contribution in [0.1, 0.15) is 57.6 Å². The monoisotopic (exact) mass is 269 g/mol. The zero-order chi connectivity index (χ0) is 14.1. The molecule has 0 radical (unpaired) electrons. The minimum absolute atomic E-state index is 0.0206. The van der Waals surface area contributed by atoms with Gasteiger partial charge in [0, 0.05) is 11.0 Å². The smallest absolute Gasteiger partial charge is 0.144 e. The highest BCUT2D eigenvalue weighted by Gasteiger charge is 2.25. The fraction of sp³-hybridized carbons (Fsp3) is 0.714. The summed E-state index contributed by atoms with van der Waals surface area (Å²) in [5.41, 5.74) is 2.12. The van der Waals surface area contributed by atoms with Gasteiger partial charge in [0.2, 0.25) is 0 Å². The van der Waals surface area contributed by atoms with Crippen molar-refractivity contribution in [1.29, 1.82) is 0 Å². The van der Waals surface area contributed by atoms with Crippen molar-refractivity contribution in [1.82, 2.24) is 14.9 Å². The molecule has 0 spiro atoms. The molecule has 1 aromatic rings. The molecule has 0 fully saturated rings. The molecule has 0 aliphatic rings. The van der Waals surface area contributed by atoms with Gasteiger partial charge in [0.1, 0.15) is 11.0 Å². The van der Waals surface area contributed by atoms with Crippen LogP contribution in [0.25, 0.3) is 0 Å². The first kappa shape index (κ1) is 15.4. The zero-order valence-corrected chi connectivity index (χ0v) is 13.3. The highest BCUT2D eigenvalue weighted by atomic mass is 35.5. The summed E-state index contributed by atoms with van der Waals surface area (Å²) in [4.78, 5) is 11.2. The predicted molar refractivity (Wildman–Crippen MR) is 77.2 cm³/mol. The summed E-state index contributed by atoms with van der Waals surface area (Å²) < 4.78 is 0. The van der Waals surface area contributed by atoms with Gasteiger partial charge in [-0.25, -0.2) is 9.97 Å². The molecule has 0 unspecified atom stereocenters. The average molecular weight is 270 g/mol. The van der Waals surface area contributed by atoms with Crippen LogP contribution in [0, 0.1) is 0 Å². The van der Waals surface area contributed by atoms with Crippen molar-refractivity contribution in [2.45, 2.75) is 52.5 Å². The second-order valence-electron chi connectivity index (χ2n) is 6.34. The van der Waals surface area contributed by atoms with Crippen molar-refractivity contribution in [2.75, 3.05) is 14.1 Å². The van der Waals surface area contributed by atoms with Gasteiger partial charge in [-0.2, -0.15) is 0 Å². The molecule has 4 heteroatoms. The highest BCUT2D eigenvalue weighted by Crippen LogP contribution is 2.33. The maximum absolute atomic E-state index is 6.35. The van der Waals surface area contributed by atoms with Crippen LogP contribution in [-0.2, 0) is 12.0 Å². The van der Waals surface area contributed by atoms with Crippen LogP contribution in [0.15, 0.2) is 0 Å². The van der Waals surface area contributed by atoms with Crippen LogP contribution in [0.4, 0.5) is 0 Å². The minimum atomic E-state index is -0.0206. The molecule has 0 N–H and O–H groups in total. The molecule has 1 aromatic heterocycles. The van der Waals surface area contributed by atoms with Gasteiger partial charge in [0.25, 0.3) is 0 Å². The van der Waals surface area contributed by atoms with E-state index >= 15 is 0 Å². The highest BCUT2D eigenvalue weighted by molar-refractivity contribution is 6.30. The van der Waals surface area contributed by atoms with Crippen molar-refractivity contribution in [3.8, 4) is 0 Å². The third-order valence-corrected chi connectivity index (χ3v) is 2.98. The second-order valence-corrected chi connectivity index (χ2v) is 6.69. The summed E-state index contributed by atoms with van der Waals surface area (Å²) in [7, 11) is 4.01. The number of hydrogen-bond acceptors (Lipinski definition) is 3. The third kappa shape index (κ3) is 3.66. The van der Waals surface area contributed by atoms with E-state index in [1.165, 1.54) is 0 Å². The van der Waals surface area contributed by atoms with Gasteiger partial charge < -0.3 is 4.90 Å². The van der Waals surface area contributed by atoms with E-state index in [1.54, 1.807) is 0 Å². The van der Waals surface area contributed by atoms with Gasteiger partial charge in [-0.15, -0.1) is 0 Å². The van der Waals surface area contributed by atoms with Gasteiger partial charge in [-0.05, 0) is 20.0 Å². The average Bonchev–Trinajstić information content (AvgIpc) is 2.12. The van der Waals surface area contributed by atoms with Crippen LogP contribution in [0.3, 0.4) is 0 Å². The van der Waals surface area contributed by atoms with Crippen molar-refractivity contribution >= 4 is 11.6 Å². The van der Waals surface area contributed by atoms with Crippen LogP contribution in [-0.4, -0.2) is 29.0 Å². The molecule has 18 heavy (non-hydrogen) atoms. The summed E-state index contributed by atoms with van der Waals surface area (Å²) in [5.74, 6) is 1.12. The Morgan fingerprint density at radius 2 is 1.72 bits per heavy atom. The summed E-state index contributed by atoms with van der Waals surface area (Å²) in [6.07, 6.45) is 0. The Bertz CT molecular complexity index is 420. The van der Waals surface area contributed by atoms with E-state index in [0.29, 0.717) is 17.6 Å². The van der Waals surface area contributed by atoms with E-state index < -0.39 is 0 Å². The van der Waals surface area contributed by atoms with E-state index in [9.17, 15) is 0 Å². The lowest BCUT2D eigenvalue weighted by Gasteiger charge is -2.25. The molecule has 0 aliphatic heterocycles. The Balaban J connectivity index is 3.38. The summed E-state index contributed by atoms with van der Waals surface area (Å²) in [5, 5.41) is 0.599. The molecule has 0 saturated carbocycles. The molecule has 102 valence electrons. The number of rotatable bonds is 3. The maximum atomic E-state index is 6.35. The van der Waals surface area contributed by atoms with Gasteiger partial charge in [-0.3, -0.25) is 0 Å². The fourth-order valence-electron chi connectivity index (χ4n) is 1.92.